The molecule has 0 saturated carbocycles. The van der Waals surface area contributed by atoms with E-state index in [1.54, 1.807) is 37.6 Å². The van der Waals surface area contributed by atoms with E-state index in [0.29, 0.717) is 22.9 Å². The highest BCUT2D eigenvalue weighted by molar-refractivity contribution is 7.86. The third-order valence-electron chi connectivity index (χ3n) is 3.89. The van der Waals surface area contributed by atoms with Crippen molar-refractivity contribution in [3.8, 4) is 5.88 Å². The van der Waals surface area contributed by atoms with Gasteiger partial charge in [0, 0.05) is 18.0 Å². The molecule has 2 N–H and O–H groups in total. The molecule has 0 radical (unpaired) electrons. The number of nitrogens with zero attached hydrogens (tertiary/aromatic N) is 1. The second-order valence-electron chi connectivity index (χ2n) is 5.88. The molecule has 0 saturated heterocycles. The van der Waals surface area contributed by atoms with Gasteiger partial charge >= 0.3 is 0 Å². The molecule has 0 aliphatic heterocycles. The van der Waals surface area contributed by atoms with E-state index in [2.05, 4.69) is 15.0 Å². The zero-order chi connectivity index (χ0) is 20.9. The molecule has 0 bridgehead atoms. The summed E-state index contributed by atoms with van der Waals surface area (Å²) in [5, 5.41) is 2.95. The maximum absolute atomic E-state index is 12.7. The fraction of sp³-hybridized carbons (Fsp3) is 0.429. The quantitative estimate of drug-likeness (QED) is 0.644. The fourth-order valence-corrected chi connectivity index (χ4v) is 3.42. The summed E-state index contributed by atoms with van der Waals surface area (Å²) in [6.07, 6.45) is 3.52. The monoisotopic (exact) mass is 405 g/mol. The molecular formula is C21H31N3O3S. The Morgan fingerprint density at radius 3 is 2.54 bits per heavy atom. The van der Waals surface area contributed by atoms with Gasteiger partial charge in [0.1, 0.15) is 11.0 Å². The molecule has 7 heteroatoms. The number of pyridine rings is 1. The van der Waals surface area contributed by atoms with E-state index in [1.165, 1.54) is 0 Å². The van der Waals surface area contributed by atoms with Crippen LogP contribution in [0.4, 0.5) is 5.69 Å². The molecule has 1 heterocycles. The van der Waals surface area contributed by atoms with E-state index < -0.39 is 11.0 Å². The summed E-state index contributed by atoms with van der Waals surface area (Å²) >= 11 is 0. The van der Waals surface area contributed by atoms with Gasteiger partial charge in [0.25, 0.3) is 5.91 Å². The molecule has 0 aliphatic carbocycles. The van der Waals surface area contributed by atoms with Crippen molar-refractivity contribution < 1.29 is 13.7 Å². The van der Waals surface area contributed by atoms with Gasteiger partial charge in [-0.15, -0.1) is 0 Å². The molecule has 1 amide bonds. The van der Waals surface area contributed by atoms with Crippen molar-refractivity contribution in [1.82, 2.24) is 10.3 Å². The molecule has 0 spiro atoms. The number of anilines is 1. The molecule has 28 heavy (non-hydrogen) atoms. The highest BCUT2D eigenvalue weighted by atomic mass is 32.2. The lowest BCUT2D eigenvalue weighted by molar-refractivity contribution is 0.0940. The van der Waals surface area contributed by atoms with Crippen LogP contribution in [0.15, 0.2) is 42.6 Å². The van der Waals surface area contributed by atoms with Crippen LogP contribution in [-0.4, -0.2) is 28.0 Å². The third kappa shape index (κ3) is 7.31. The van der Waals surface area contributed by atoms with Gasteiger partial charge in [-0.25, -0.2) is 9.19 Å². The van der Waals surface area contributed by atoms with Crippen LogP contribution in [0.5, 0.6) is 5.88 Å². The smallest absolute Gasteiger partial charge is 0.253 e. The van der Waals surface area contributed by atoms with Crippen LogP contribution in [0, 0.1) is 0 Å². The number of carbonyl (C=O) groups is 1. The topological polar surface area (TPSA) is 80.3 Å². The van der Waals surface area contributed by atoms with Crippen LogP contribution < -0.4 is 14.8 Å². The lowest BCUT2D eigenvalue weighted by Gasteiger charge is -2.16. The highest BCUT2D eigenvalue weighted by Gasteiger charge is 2.16. The Morgan fingerprint density at radius 2 is 1.93 bits per heavy atom. The normalized spacial score (nSPS) is 12.2. The summed E-state index contributed by atoms with van der Waals surface area (Å²) in [7, 11) is 0.353. The zero-order valence-electron chi connectivity index (χ0n) is 17.3. The predicted molar refractivity (Wildman–Crippen MR) is 116 cm³/mol. The first-order chi connectivity index (χ1) is 13.5. The molecule has 1 aromatic carbocycles. The lowest BCUT2D eigenvalue weighted by Crippen LogP contribution is -2.27. The van der Waals surface area contributed by atoms with Crippen molar-refractivity contribution in [3.05, 3.63) is 53.7 Å². The lowest BCUT2D eigenvalue weighted by atomic mass is 10.1. The summed E-state index contributed by atoms with van der Waals surface area (Å²) in [6.45, 7) is 7.94. The summed E-state index contributed by atoms with van der Waals surface area (Å²) in [5.74, 6) is 0.848. The Balaban J connectivity index is 0.00000190. The van der Waals surface area contributed by atoms with E-state index in [-0.39, 0.29) is 11.9 Å². The molecule has 1 aromatic heterocycles. The van der Waals surface area contributed by atoms with Crippen molar-refractivity contribution >= 4 is 22.6 Å². The minimum Gasteiger partial charge on any atom is -0.481 e. The molecule has 2 aromatic rings. The largest absolute Gasteiger partial charge is 0.481 e. The Kier molecular flexibility index (Phi) is 10.9. The van der Waals surface area contributed by atoms with Crippen molar-refractivity contribution in [2.45, 2.75) is 46.6 Å². The number of amides is 1. The number of para-hydroxylation sites is 1. The summed E-state index contributed by atoms with van der Waals surface area (Å²) in [5.41, 5.74) is 1.90. The van der Waals surface area contributed by atoms with Crippen LogP contribution in [0.2, 0.25) is 0 Å². The van der Waals surface area contributed by atoms with Crippen LogP contribution >= 0.6 is 0 Å². The van der Waals surface area contributed by atoms with Gasteiger partial charge in [-0.1, -0.05) is 45.4 Å². The summed E-state index contributed by atoms with van der Waals surface area (Å²) in [6, 6.07) is 10.5. The van der Waals surface area contributed by atoms with Crippen molar-refractivity contribution in [1.29, 1.82) is 0 Å². The molecule has 6 nitrogen and oxygen atoms in total. The molecular weight excluding hydrogens is 374 g/mol. The zero-order valence-corrected chi connectivity index (χ0v) is 18.1. The van der Waals surface area contributed by atoms with Gasteiger partial charge in [0.05, 0.1) is 24.4 Å². The van der Waals surface area contributed by atoms with Crippen LogP contribution in [0.25, 0.3) is 0 Å². The Bertz CT molecular complexity index is 751. The second-order valence-corrected chi connectivity index (χ2v) is 7.18. The van der Waals surface area contributed by atoms with Crippen molar-refractivity contribution in [3.63, 3.8) is 0 Å². The number of hydrogen-bond donors (Lipinski definition) is 2. The number of hydrogen-bond acceptors (Lipinski definition) is 4. The van der Waals surface area contributed by atoms with E-state index in [0.717, 1.165) is 18.4 Å². The number of rotatable bonds is 9. The maximum atomic E-state index is 12.7. The van der Waals surface area contributed by atoms with Gasteiger partial charge in [-0.05, 0) is 31.0 Å². The number of benzene rings is 1. The van der Waals surface area contributed by atoms with E-state index in [4.69, 9.17) is 4.74 Å². The van der Waals surface area contributed by atoms with E-state index in [9.17, 15) is 9.00 Å². The van der Waals surface area contributed by atoms with E-state index >= 15 is 0 Å². The Labute approximate surface area is 170 Å². The molecule has 0 fully saturated rings. The van der Waals surface area contributed by atoms with Crippen molar-refractivity contribution in [2.75, 3.05) is 17.6 Å². The average Bonchev–Trinajstić information content (AvgIpc) is 2.74. The number of nitrogens with one attached hydrogen (secondary N) is 2. The first-order valence-corrected chi connectivity index (χ1v) is 10.9. The molecule has 2 atom stereocenters. The number of unbranched alkanes of at least 4 members (excludes halogenated alkanes) is 1. The van der Waals surface area contributed by atoms with Gasteiger partial charge in [0.2, 0.25) is 5.88 Å². The number of aromatic nitrogens is 1. The molecule has 2 rings (SSSR count). The minimum absolute atomic E-state index is 0.223. The first-order valence-electron chi connectivity index (χ1n) is 9.60. The van der Waals surface area contributed by atoms with Gasteiger partial charge < -0.3 is 14.8 Å². The standard InChI is InChI=1S/C19H25N3O3S.C2H6/c1-4-5-12-26(24)22-17-9-7-6-8-16(17)19(23)21-14(2)15-10-11-18(25-3)20-13-15;1-2/h6-11,13-14,22H,4-5,12H2,1-3H3,(H,21,23);1-2H3/t14-,26?;/m1./s1. The molecule has 154 valence electrons. The Hall–Kier alpha value is -2.41. The second kappa shape index (κ2) is 12.9. The van der Waals surface area contributed by atoms with Crippen LogP contribution in [0.1, 0.15) is 62.5 Å². The van der Waals surface area contributed by atoms with Crippen molar-refractivity contribution in [2.24, 2.45) is 0 Å². The SMILES string of the molecule is CC.CCCCS(=O)Nc1ccccc1C(=O)N[C@H](C)c1ccc(OC)nc1. The molecule has 1 unspecified atom stereocenters. The summed E-state index contributed by atoms with van der Waals surface area (Å²) < 4.78 is 20.1. The summed E-state index contributed by atoms with van der Waals surface area (Å²) in [4.78, 5) is 16.8. The van der Waals surface area contributed by atoms with E-state index in [1.807, 2.05) is 39.8 Å². The number of carbonyl (C=O) groups excluding carboxylic acids is 1. The van der Waals surface area contributed by atoms with Crippen LogP contribution in [-0.2, 0) is 11.0 Å². The van der Waals surface area contributed by atoms with Gasteiger partial charge in [-0.3, -0.25) is 4.79 Å². The van der Waals surface area contributed by atoms with Gasteiger partial charge in [0.15, 0.2) is 0 Å². The van der Waals surface area contributed by atoms with Crippen LogP contribution in [0.3, 0.4) is 0 Å². The highest BCUT2D eigenvalue weighted by Crippen LogP contribution is 2.19. The predicted octanol–water partition coefficient (Wildman–Crippen LogP) is 4.48. The number of methoxy groups -OCH3 is 1. The number of ether oxygens (including phenoxy) is 1. The minimum atomic E-state index is -1.20. The third-order valence-corrected chi connectivity index (χ3v) is 5.00. The fourth-order valence-electron chi connectivity index (χ4n) is 2.35. The average molecular weight is 406 g/mol. The first kappa shape index (κ1) is 23.6. The Morgan fingerprint density at radius 1 is 1.21 bits per heavy atom. The van der Waals surface area contributed by atoms with Gasteiger partial charge in [-0.2, -0.15) is 0 Å². The molecule has 0 aliphatic rings. The maximum Gasteiger partial charge on any atom is 0.253 e.